The minimum atomic E-state index is 0.0966. The quantitative estimate of drug-likeness (QED) is 0.855. The molecule has 0 aromatic rings. The molecule has 0 spiro atoms. The molecule has 2 atom stereocenters. The van der Waals surface area contributed by atoms with E-state index in [0.717, 1.165) is 26.1 Å². The van der Waals surface area contributed by atoms with E-state index in [9.17, 15) is 4.79 Å². The van der Waals surface area contributed by atoms with Crippen LogP contribution in [0.5, 0.6) is 0 Å². The Morgan fingerprint density at radius 3 is 2.70 bits per heavy atom. The monoisotopic (exact) mass is 281 g/mol. The molecule has 0 saturated carbocycles. The summed E-state index contributed by atoms with van der Waals surface area (Å²) >= 11 is 0. The predicted octanol–water partition coefficient (Wildman–Crippen LogP) is 1.71. The molecule has 116 valence electrons. The Labute approximate surface area is 123 Å². The molecule has 4 heteroatoms. The number of carbonyl (C=O) groups is 1. The number of rotatable bonds is 3. The lowest BCUT2D eigenvalue weighted by atomic mass is 9.84. The topological polar surface area (TPSA) is 35.6 Å². The maximum absolute atomic E-state index is 12.3. The number of carbonyl (C=O) groups excluding carboxylic acids is 1. The zero-order valence-corrected chi connectivity index (χ0v) is 13.6. The van der Waals surface area contributed by atoms with Crippen molar-refractivity contribution in [2.75, 3.05) is 33.2 Å². The van der Waals surface area contributed by atoms with E-state index in [0.29, 0.717) is 24.3 Å². The molecule has 0 aromatic carbocycles. The van der Waals surface area contributed by atoms with Gasteiger partial charge in [-0.05, 0) is 59.5 Å². The zero-order chi connectivity index (χ0) is 14.8. The first-order valence-electron chi connectivity index (χ1n) is 8.10. The molecule has 1 amide bonds. The fourth-order valence-corrected chi connectivity index (χ4v) is 3.58. The van der Waals surface area contributed by atoms with Crippen molar-refractivity contribution in [3.8, 4) is 0 Å². The maximum Gasteiger partial charge on any atom is 0.223 e. The van der Waals surface area contributed by atoms with Crippen LogP contribution < -0.4 is 5.32 Å². The Morgan fingerprint density at radius 1 is 1.25 bits per heavy atom. The molecule has 0 aromatic heterocycles. The van der Waals surface area contributed by atoms with Gasteiger partial charge < -0.3 is 15.1 Å². The molecule has 0 radical (unpaired) electrons. The Hall–Kier alpha value is -0.610. The van der Waals surface area contributed by atoms with Crippen molar-refractivity contribution in [3.05, 3.63) is 0 Å². The first-order valence-corrected chi connectivity index (χ1v) is 8.10. The average molecular weight is 281 g/mol. The highest BCUT2D eigenvalue weighted by atomic mass is 16.2. The second kappa shape index (κ2) is 6.44. The van der Waals surface area contributed by atoms with Gasteiger partial charge in [0.05, 0.1) is 0 Å². The molecule has 2 saturated heterocycles. The third kappa shape index (κ3) is 4.19. The first kappa shape index (κ1) is 15.8. The second-order valence-electron chi connectivity index (χ2n) is 7.51. The lowest BCUT2D eigenvalue weighted by Gasteiger charge is -2.46. The van der Waals surface area contributed by atoms with Crippen LogP contribution >= 0.6 is 0 Å². The summed E-state index contributed by atoms with van der Waals surface area (Å²) in [6, 6.07) is 0.709. The Bertz CT molecular complexity index is 337. The van der Waals surface area contributed by atoms with Crippen LogP contribution in [0.2, 0.25) is 0 Å². The van der Waals surface area contributed by atoms with Crippen molar-refractivity contribution >= 4 is 5.91 Å². The van der Waals surface area contributed by atoms with Crippen molar-refractivity contribution in [2.45, 2.75) is 58.0 Å². The van der Waals surface area contributed by atoms with Crippen LogP contribution in [0.4, 0.5) is 0 Å². The number of amides is 1. The predicted molar refractivity (Wildman–Crippen MR) is 82.7 cm³/mol. The highest BCUT2D eigenvalue weighted by Gasteiger charge is 2.35. The molecule has 0 bridgehead atoms. The lowest BCUT2D eigenvalue weighted by molar-refractivity contribution is -0.134. The lowest BCUT2D eigenvalue weighted by Crippen LogP contribution is -2.54. The van der Waals surface area contributed by atoms with Gasteiger partial charge in [-0.15, -0.1) is 0 Å². The molecule has 2 fully saturated rings. The molecule has 2 unspecified atom stereocenters. The fraction of sp³-hybridized carbons (Fsp3) is 0.938. The van der Waals surface area contributed by atoms with Crippen LogP contribution in [0, 0.1) is 5.92 Å². The molecule has 4 nitrogen and oxygen atoms in total. The van der Waals surface area contributed by atoms with Crippen molar-refractivity contribution in [3.63, 3.8) is 0 Å². The van der Waals surface area contributed by atoms with Crippen molar-refractivity contribution in [1.82, 2.24) is 15.1 Å². The van der Waals surface area contributed by atoms with E-state index in [1.807, 2.05) is 0 Å². The van der Waals surface area contributed by atoms with Gasteiger partial charge in [0.1, 0.15) is 0 Å². The van der Waals surface area contributed by atoms with Gasteiger partial charge in [-0.2, -0.15) is 0 Å². The van der Waals surface area contributed by atoms with E-state index in [-0.39, 0.29) is 5.54 Å². The molecule has 20 heavy (non-hydrogen) atoms. The van der Waals surface area contributed by atoms with E-state index in [1.54, 1.807) is 0 Å². The number of fused-ring (bicyclic) bond motifs is 1. The largest absolute Gasteiger partial charge is 0.342 e. The van der Waals surface area contributed by atoms with Gasteiger partial charge in [-0.1, -0.05) is 0 Å². The number of nitrogens with zero attached hydrogens (tertiary/aromatic N) is 2. The second-order valence-corrected chi connectivity index (χ2v) is 7.51. The summed E-state index contributed by atoms with van der Waals surface area (Å²) in [5.41, 5.74) is 0.0966. The van der Waals surface area contributed by atoms with Gasteiger partial charge >= 0.3 is 0 Å². The summed E-state index contributed by atoms with van der Waals surface area (Å²) in [6.45, 7) is 10.4. The average Bonchev–Trinajstić information content (AvgIpc) is 2.37. The first-order chi connectivity index (χ1) is 9.37. The van der Waals surface area contributed by atoms with Crippen molar-refractivity contribution in [2.24, 2.45) is 5.92 Å². The summed E-state index contributed by atoms with van der Waals surface area (Å²) < 4.78 is 0. The summed E-state index contributed by atoms with van der Waals surface area (Å²) in [7, 11) is 2.24. The fourth-order valence-electron chi connectivity index (χ4n) is 3.58. The van der Waals surface area contributed by atoms with E-state index < -0.39 is 0 Å². The van der Waals surface area contributed by atoms with Crippen LogP contribution in [-0.2, 0) is 4.79 Å². The van der Waals surface area contributed by atoms with Crippen LogP contribution in [0.3, 0.4) is 0 Å². The number of piperidine rings is 2. The normalized spacial score (nSPS) is 28.3. The number of hydrogen-bond acceptors (Lipinski definition) is 3. The van der Waals surface area contributed by atoms with E-state index in [1.165, 1.54) is 19.4 Å². The third-order valence-electron chi connectivity index (χ3n) is 4.69. The van der Waals surface area contributed by atoms with Crippen LogP contribution in [0.25, 0.3) is 0 Å². The van der Waals surface area contributed by atoms with Gasteiger partial charge in [-0.25, -0.2) is 0 Å². The standard InChI is InChI=1S/C16H31N3O/c1-16(2,3)17-9-7-15(20)19-11-8-14-13(12-19)6-5-10-18(14)4/h13-14,17H,5-12H2,1-4H3. The highest BCUT2D eigenvalue weighted by Crippen LogP contribution is 2.29. The van der Waals surface area contributed by atoms with Gasteiger partial charge in [0.15, 0.2) is 0 Å². The van der Waals surface area contributed by atoms with Gasteiger partial charge in [0, 0.05) is 37.6 Å². The van der Waals surface area contributed by atoms with Crippen LogP contribution in [-0.4, -0.2) is 60.5 Å². The molecule has 2 heterocycles. The molecule has 0 aliphatic carbocycles. The summed E-state index contributed by atoms with van der Waals surface area (Å²) in [5.74, 6) is 1.02. The number of likely N-dealkylation sites (tertiary alicyclic amines) is 2. The Morgan fingerprint density at radius 2 is 2.00 bits per heavy atom. The molecule has 1 N–H and O–H groups in total. The Balaban J connectivity index is 1.78. The van der Waals surface area contributed by atoms with Gasteiger partial charge in [0.2, 0.25) is 5.91 Å². The van der Waals surface area contributed by atoms with E-state index in [4.69, 9.17) is 0 Å². The van der Waals surface area contributed by atoms with E-state index >= 15 is 0 Å². The summed E-state index contributed by atoms with van der Waals surface area (Å²) in [5, 5.41) is 3.40. The van der Waals surface area contributed by atoms with Crippen molar-refractivity contribution in [1.29, 1.82) is 0 Å². The third-order valence-corrected chi connectivity index (χ3v) is 4.69. The van der Waals surface area contributed by atoms with Crippen molar-refractivity contribution < 1.29 is 4.79 Å². The number of nitrogens with one attached hydrogen (secondary N) is 1. The minimum Gasteiger partial charge on any atom is -0.342 e. The van der Waals surface area contributed by atoms with Crippen LogP contribution in [0.15, 0.2) is 0 Å². The molecule has 2 rings (SSSR count). The minimum absolute atomic E-state index is 0.0966. The smallest absolute Gasteiger partial charge is 0.223 e. The summed E-state index contributed by atoms with van der Waals surface area (Å²) in [4.78, 5) is 16.9. The van der Waals surface area contributed by atoms with Crippen LogP contribution in [0.1, 0.15) is 46.5 Å². The van der Waals surface area contributed by atoms with Gasteiger partial charge in [0.25, 0.3) is 0 Å². The van der Waals surface area contributed by atoms with E-state index in [2.05, 4.69) is 42.9 Å². The molecule has 2 aliphatic heterocycles. The van der Waals surface area contributed by atoms with Gasteiger partial charge in [-0.3, -0.25) is 4.79 Å². The maximum atomic E-state index is 12.3. The molecule has 2 aliphatic rings. The molecular formula is C16H31N3O. The molecular weight excluding hydrogens is 250 g/mol. The SMILES string of the molecule is CN1CCCC2CN(C(=O)CCNC(C)(C)C)CCC21. The number of hydrogen-bond donors (Lipinski definition) is 1. The Kier molecular flexibility index (Phi) is 5.08. The highest BCUT2D eigenvalue weighted by molar-refractivity contribution is 5.76. The summed E-state index contributed by atoms with van der Waals surface area (Å²) in [6.07, 6.45) is 4.36. The zero-order valence-electron chi connectivity index (χ0n) is 13.6.